The van der Waals surface area contributed by atoms with Gasteiger partial charge in [0.2, 0.25) is 5.91 Å². The van der Waals surface area contributed by atoms with Crippen molar-refractivity contribution in [1.82, 2.24) is 15.1 Å². The van der Waals surface area contributed by atoms with Gasteiger partial charge in [-0.05, 0) is 25.9 Å². The van der Waals surface area contributed by atoms with Crippen LogP contribution in [0.1, 0.15) is 20.3 Å². The molecule has 0 aromatic heterocycles. The van der Waals surface area contributed by atoms with Crippen molar-refractivity contribution in [2.75, 3.05) is 53.0 Å². The third-order valence-corrected chi connectivity index (χ3v) is 4.48. The maximum absolute atomic E-state index is 12.5. The Hall–Kier alpha value is -0.650. The fourth-order valence-corrected chi connectivity index (χ4v) is 2.95. The van der Waals surface area contributed by atoms with Crippen LogP contribution in [0.2, 0.25) is 0 Å². The fraction of sp³-hybridized carbons (Fsp3) is 0.933. The number of hydrogen-bond donors (Lipinski definition) is 1. The van der Waals surface area contributed by atoms with Crippen molar-refractivity contribution in [2.24, 2.45) is 11.8 Å². The van der Waals surface area contributed by atoms with Gasteiger partial charge in [-0.2, -0.15) is 0 Å². The number of likely N-dealkylation sites (N-methyl/N-ethyl adjacent to an activating group) is 1. The van der Waals surface area contributed by atoms with Crippen molar-refractivity contribution in [3.63, 3.8) is 0 Å². The normalized spacial score (nSPS) is 28.3. The summed E-state index contributed by atoms with van der Waals surface area (Å²) in [6, 6.07) is 0.182. The van der Waals surface area contributed by atoms with Crippen LogP contribution >= 0.6 is 0 Å². The highest BCUT2D eigenvalue weighted by molar-refractivity contribution is 5.80. The number of carbonyl (C=O) groups excluding carboxylic acids is 1. The number of amides is 1. The molecule has 2 fully saturated rings. The molecule has 2 heterocycles. The van der Waals surface area contributed by atoms with Crippen LogP contribution in [0.5, 0.6) is 0 Å². The Balaban J connectivity index is 1.77. The van der Waals surface area contributed by atoms with Gasteiger partial charge in [-0.3, -0.25) is 9.69 Å². The van der Waals surface area contributed by atoms with E-state index in [9.17, 15) is 4.79 Å². The second-order valence-corrected chi connectivity index (χ2v) is 6.39. The smallest absolute Gasteiger partial charge is 0.229 e. The van der Waals surface area contributed by atoms with E-state index in [-0.39, 0.29) is 17.9 Å². The molecule has 2 atom stereocenters. The van der Waals surface area contributed by atoms with Gasteiger partial charge in [0, 0.05) is 32.2 Å². The largest absolute Gasteiger partial charge is 0.379 e. The van der Waals surface area contributed by atoms with Crippen LogP contribution in [0.4, 0.5) is 0 Å². The lowest BCUT2D eigenvalue weighted by atomic mass is 10.0. The van der Waals surface area contributed by atoms with Crippen molar-refractivity contribution in [1.29, 1.82) is 0 Å². The quantitative estimate of drug-likeness (QED) is 0.794. The zero-order chi connectivity index (χ0) is 14.5. The fourth-order valence-electron chi connectivity index (χ4n) is 2.95. The molecule has 0 spiro atoms. The summed E-state index contributed by atoms with van der Waals surface area (Å²) in [5.74, 6) is 1.02. The molecule has 2 aliphatic heterocycles. The van der Waals surface area contributed by atoms with Crippen LogP contribution in [-0.2, 0) is 9.53 Å². The van der Waals surface area contributed by atoms with Crippen LogP contribution in [0.25, 0.3) is 0 Å². The maximum atomic E-state index is 12.5. The minimum absolute atomic E-state index is 0.00205. The molecule has 20 heavy (non-hydrogen) atoms. The highest BCUT2D eigenvalue weighted by Crippen LogP contribution is 2.18. The van der Waals surface area contributed by atoms with Gasteiger partial charge < -0.3 is 15.0 Å². The number of hydrogen-bond acceptors (Lipinski definition) is 4. The second-order valence-electron chi connectivity index (χ2n) is 6.39. The zero-order valence-corrected chi connectivity index (χ0v) is 13.1. The van der Waals surface area contributed by atoms with Gasteiger partial charge in [0.1, 0.15) is 0 Å². The SMILES string of the molecule is CNC1COCC1C(=O)N1CCN(CCC(C)C)CC1. The lowest BCUT2D eigenvalue weighted by Gasteiger charge is -2.36. The summed E-state index contributed by atoms with van der Waals surface area (Å²) in [5.41, 5.74) is 0. The van der Waals surface area contributed by atoms with E-state index < -0.39 is 0 Å². The van der Waals surface area contributed by atoms with Crippen molar-refractivity contribution in [2.45, 2.75) is 26.3 Å². The first kappa shape index (κ1) is 15.7. The Morgan fingerprint density at radius 3 is 2.55 bits per heavy atom. The van der Waals surface area contributed by atoms with Crippen molar-refractivity contribution in [3.8, 4) is 0 Å². The molecule has 2 unspecified atom stereocenters. The first-order valence-corrected chi connectivity index (χ1v) is 7.88. The molecule has 0 aliphatic carbocycles. The third-order valence-electron chi connectivity index (χ3n) is 4.48. The third kappa shape index (κ3) is 3.93. The molecule has 116 valence electrons. The Labute approximate surface area is 122 Å². The molecule has 2 aliphatic rings. The minimum atomic E-state index is 0.00205. The van der Waals surface area contributed by atoms with Crippen LogP contribution < -0.4 is 5.32 Å². The van der Waals surface area contributed by atoms with Gasteiger partial charge in [0.25, 0.3) is 0 Å². The molecule has 2 saturated heterocycles. The predicted molar refractivity (Wildman–Crippen MR) is 79.6 cm³/mol. The Kier molecular flexibility index (Phi) is 5.81. The van der Waals surface area contributed by atoms with Gasteiger partial charge in [-0.25, -0.2) is 0 Å². The van der Waals surface area contributed by atoms with Crippen LogP contribution in [0, 0.1) is 11.8 Å². The number of rotatable bonds is 5. The molecule has 0 aromatic rings. The summed E-state index contributed by atoms with van der Waals surface area (Å²) in [6.45, 7) is 10.7. The molecule has 0 radical (unpaired) electrons. The summed E-state index contributed by atoms with van der Waals surface area (Å²) in [5, 5.41) is 3.19. The number of carbonyl (C=O) groups is 1. The molecular weight excluding hydrogens is 254 g/mol. The maximum Gasteiger partial charge on any atom is 0.229 e. The van der Waals surface area contributed by atoms with E-state index in [0.717, 1.165) is 38.6 Å². The highest BCUT2D eigenvalue weighted by atomic mass is 16.5. The van der Waals surface area contributed by atoms with Gasteiger partial charge in [0.05, 0.1) is 19.1 Å². The molecule has 0 saturated carbocycles. The van der Waals surface area contributed by atoms with Crippen molar-refractivity contribution < 1.29 is 9.53 Å². The van der Waals surface area contributed by atoms with Crippen LogP contribution in [-0.4, -0.2) is 74.7 Å². The zero-order valence-electron chi connectivity index (χ0n) is 13.1. The molecule has 5 heteroatoms. The lowest BCUT2D eigenvalue weighted by Crippen LogP contribution is -2.53. The van der Waals surface area contributed by atoms with Gasteiger partial charge in [-0.15, -0.1) is 0 Å². The Morgan fingerprint density at radius 2 is 1.95 bits per heavy atom. The predicted octanol–water partition coefficient (Wildman–Crippen LogP) is 0.411. The Morgan fingerprint density at radius 1 is 1.25 bits per heavy atom. The Bertz CT molecular complexity index is 314. The lowest BCUT2D eigenvalue weighted by molar-refractivity contribution is -0.137. The summed E-state index contributed by atoms with van der Waals surface area (Å²) in [6.07, 6.45) is 1.24. The van der Waals surface area contributed by atoms with Gasteiger partial charge in [-0.1, -0.05) is 13.8 Å². The van der Waals surface area contributed by atoms with E-state index in [1.54, 1.807) is 0 Å². The number of nitrogens with zero attached hydrogens (tertiary/aromatic N) is 2. The van der Waals surface area contributed by atoms with E-state index in [1.165, 1.54) is 6.42 Å². The number of ether oxygens (including phenoxy) is 1. The molecule has 0 aromatic carbocycles. The van der Waals surface area contributed by atoms with E-state index in [4.69, 9.17) is 4.74 Å². The topological polar surface area (TPSA) is 44.8 Å². The summed E-state index contributed by atoms with van der Waals surface area (Å²) < 4.78 is 5.44. The van der Waals surface area contributed by atoms with E-state index in [2.05, 4.69) is 24.1 Å². The van der Waals surface area contributed by atoms with Crippen LogP contribution in [0.3, 0.4) is 0 Å². The molecular formula is C15H29N3O2. The first-order chi connectivity index (χ1) is 9.61. The van der Waals surface area contributed by atoms with Crippen LogP contribution in [0.15, 0.2) is 0 Å². The molecule has 0 bridgehead atoms. The van der Waals surface area contributed by atoms with E-state index in [1.807, 2.05) is 11.9 Å². The summed E-state index contributed by atoms with van der Waals surface area (Å²) in [4.78, 5) is 17.0. The molecule has 2 rings (SSSR count). The molecule has 5 nitrogen and oxygen atoms in total. The van der Waals surface area contributed by atoms with E-state index in [0.29, 0.717) is 13.2 Å². The number of piperazine rings is 1. The summed E-state index contributed by atoms with van der Waals surface area (Å²) in [7, 11) is 1.91. The van der Waals surface area contributed by atoms with Gasteiger partial charge >= 0.3 is 0 Å². The highest BCUT2D eigenvalue weighted by Gasteiger charge is 2.36. The van der Waals surface area contributed by atoms with Crippen molar-refractivity contribution >= 4 is 5.91 Å². The van der Waals surface area contributed by atoms with Crippen molar-refractivity contribution in [3.05, 3.63) is 0 Å². The van der Waals surface area contributed by atoms with E-state index >= 15 is 0 Å². The molecule has 1 N–H and O–H groups in total. The average Bonchev–Trinajstić information content (AvgIpc) is 2.93. The standard InChI is InChI=1S/C15H29N3O2/c1-12(2)4-5-17-6-8-18(9-7-17)15(19)13-10-20-11-14(13)16-3/h12-14,16H,4-11H2,1-3H3. The first-order valence-electron chi connectivity index (χ1n) is 7.88. The number of nitrogens with one attached hydrogen (secondary N) is 1. The second kappa shape index (κ2) is 7.38. The van der Waals surface area contributed by atoms with Gasteiger partial charge in [0.15, 0.2) is 0 Å². The average molecular weight is 283 g/mol. The minimum Gasteiger partial charge on any atom is -0.379 e. The summed E-state index contributed by atoms with van der Waals surface area (Å²) >= 11 is 0. The monoisotopic (exact) mass is 283 g/mol. The molecule has 1 amide bonds.